The van der Waals surface area contributed by atoms with Crippen molar-refractivity contribution < 1.29 is 28.5 Å². The highest BCUT2D eigenvalue weighted by molar-refractivity contribution is 6.69. The van der Waals surface area contributed by atoms with Gasteiger partial charge in [0.15, 0.2) is 31.4 Å². The molecule has 0 aromatic rings. The van der Waals surface area contributed by atoms with Gasteiger partial charge < -0.3 is 29.1 Å². The molecule has 0 radical (unpaired) electrons. The summed E-state index contributed by atoms with van der Waals surface area (Å²) in [6.07, 6.45) is 6.28. The molecule has 0 aromatic heterocycles. The van der Waals surface area contributed by atoms with Crippen LogP contribution in [0.1, 0.15) is 25.7 Å². The predicted octanol–water partition coefficient (Wildman–Crippen LogP) is 3.20. The first-order valence-corrected chi connectivity index (χ1v) is 14.4. The lowest BCUT2D eigenvalue weighted by molar-refractivity contribution is -0.119. The van der Waals surface area contributed by atoms with E-state index < -0.39 is 8.32 Å². The van der Waals surface area contributed by atoms with E-state index in [9.17, 15) is 9.59 Å². The molecule has 0 saturated heterocycles. The Morgan fingerprint density at radius 3 is 2.41 bits per heavy atom. The Kier molecular flexibility index (Phi) is 8.03. The molecule has 2 N–H and O–H groups in total. The van der Waals surface area contributed by atoms with Crippen LogP contribution in [0.3, 0.4) is 0 Å². The number of ketones is 1. The van der Waals surface area contributed by atoms with Crippen LogP contribution in [0.4, 0.5) is 0 Å². The monoisotopic (exact) mass is 463 g/mol. The van der Waals surface area contributed by atoms with Gasteiger partial charge in [-0.25, -0.2) is 0 Å². The Balaban J connectivity index is 2.04. The summed E-state index contributed by atoms with van der Waals surface area (Å²) < 4.78 is 22.6. The van der Waals surface area contributed by atoms with Crippen molar-refractivity contribution in [1.82, 2.24) is 5.32 Å². The molecule has 3 aliphatic rings. The zero-order valence-electron chi connectivity index (χ0n) is 20.1. The van der Waals surface area contributed by atoms with Gasteiger partial charge in [0.1, 0.15) is 6.10 Å². The minimum absolute atomic E-state index is 0.00192. The second-order valence-corrected chi connectivity index (χ2v) is 13.4. The van der Waals surface area contributed by atoms with Gasteiger partial charge in [0.25, 0.3) is 0 Å². The summed E-state index contributed by atoms with van der Waals surface area (Å²) in [5, 5.41) is 3.66. The number of carbonyl (C=O) groups is 1. The lowest BCUT2D eigenvalue weighted by atomic mass is 9.80. The van der Waals surface area contributed by atoms with Gasteiger partial charge in [-0.15, -0.1) is 0 Å². The fraction of sp³-hybridized carbons (Fsp3) is 0.625. The molecule has 178 valence electrons. The molecule has 0 spiro atoms. The van der Waals surface area contributed by atoms with E-state index in [0.29, 0.717) is 24.4 Å². The second-order valence-electron chi connectivity index (χ2n) is 9.24. The van der Waals surface area contributed by atoms with Crippen molar-refractivity contribution in [3.8, 4) is 0 Å². The molecule has 0 saturated carbocycles. The van der Waals surface area contributed by atoms with E-state index in [4.69, 9.17) is 18.9 Å². The van der Waals surface area contributed by atoms with Crippen LogP contribution < -0.4 is 5.32 Å². The van der Waals surface area contributed by atoms with Crippen molar-refractivity contribution in [3.05, 3.63) is 46.1 Å². The number of hydrogen-bond acceptors (Lipinski definition) is 7. The highest BCUT2D eigenvalue weighted by Gasteiger charge is 2.40. The second kappa shape index (κ2) is 10.4. The third kappa shape index (κ3) is 5.19. The molecule has 3 rings (SSSR count). The van der Waals surface area contributed by atoms with Crippen molar-refractivity contribution in [2.75, 3.05) is 35.0 Å². The quantitative estimate of drug-likeness (QED) is 0.535. The molecule has 32 heavy (non-hydrogen) atoms. The van der Waals surface area contributed by atoms with Crippen LogP contribution in [0, 0.1) is 5.92 Å². The van der Waals surface area contributed by atoms with Crippen molar-refractivity contribution in [2.45, 2.75) is 57.0 Å². The van der Waals surface area contributed by atoms with Gasteiger partial charge in [0.2, 0.25) is 0 Å². The van der Waals surface area contributed by atoms with E-state index in [-0.39, 0.29) is 23.8 Å². The summed E-state index contributed by atoms with van der Waals surface area (Å²) in [6, 6.07) is 0.864. The summed E-state index contributed by atoms with van der Waals surface area (Å²) in [6.45, 7) is 4.62. The van der Waals surface area contributed by atoms with E-state index >= 15 is 0 Å². The molecule has 7 nitrogen and oxygen atoms in total. The highest BCUT2D eigenvalue weighted by Crippen LogP contribution is 2.45. The maximum Gasteiger partial charge on any atom is 0.198 e. The van der Waals surface area contributed by atoms with Gasteiger partial charge >= 0.3 is 0 Å². The van der Waals surface area contributed by atoms with Crippen LogP contribution in [0.25, 0.3) is 0 Å². The number of fused-ring (bicyclic) bond motifs is 2. The normalized spacial score (nSPS) is 26.5. The van der Waals surface area contributed by atoms with Crippen LogP contribution in [-0.2, 0) is 23.7 Å². The summed E-state index contributed by atoms with van der Waals surface area (Å²) >= 11 is 0. The molecule has 1 unspecified atom stereocenters. The Hall–Kier alpha value is -1.87. The molecule has 0 fully saturated rings. The lowest BCUT2D eigenvalue weighted by Crippen LogP contribution is -2.41. The number of ether oxygens (including phenoxy) is 4. The number of allylic oxidation sites excluding steroid dienone is 4. The molecule has 0 aliphatic heterocycles. The van der Waals surface area contributed by atoms with Gasteiger partial charge in [-0.1, -0.05) is 6.08 Å². The van der Waals surface area contributed by atoms with E-state index in [1.807, 2.05) is 19.2 Å². The third-order valence-corrected chi connectivity index (χ3v) is 8.12. The largest absolute Gasteiger partial charge is 0.494 e. The van der Waals surface area contributed by atoms with E-state index in [2.05, 4.69) is 5.32 Å². The smallest absolute Gasteiger partial charge is 0.198 e. The van der Waals surface area contributed by atoms with Crippen LogP contribution in [0.15, 0.2) is 46.1 Å². The average molecular weight is 464 g/mol. The van der Waals surface area contributed by atoms with Gasteiger partial charge in [-0.3, -0.25) is 4.79 Å². The van der Waals surface area contributed by atoms with Crippen molar-refractivity contribution >= 4 is 14.1 Å². The van der Waals surface area contributed by atoms with Crippen LogP contribution >= 0.6 is 0 Å². The molecular weight excluding hydrogens is 426 g/mol. The zero-order valence-corrected chi connectivity index (χ0v) is 21.1. The summed E-state index contributed by atoms with van der Waals surface area (Å²) in [4.78, 5) is 23.2. The maximum absolute atomic E-state index is 12.9. The first-order chi connectivity index (χ1) is 15.2. The zero-order chi connectivity index (χ0) is 23.5. The predicted molar refractivity (Wildman–Crippen MR) is 125 cm³/mol. The Morgan fingerprint density at radius 2 is 1.81 bits per heavy atom. The van der Waals surface area contributed by atoms with Crippen molar-refractivity contribution in [2.24, 2.45) is 5.92 Å². The first-order valence-electron chi connectivity index (χ1n) is 11.3. The molecule has 0 amide bonds. The van der Waals surface area contributed by atoms with E-state index in [1.165, 1.54) is 12.7 Å². The van der Waals surface area contributed by atoms with E-state index in [0.717, 1.165) is 42.3 Å². The third-order valence-electron chi connectivity index (χ3n) is 6.65. The fourth-order valence-corrected chi connectivity index (χ4v) is 5.75. The Morgan fingerprint density at radius 1 is 1.06 bits per heavy atom. The molecule has 8 heteroatoms. The molecule has 0 heterocycles. The van der Waals surface area contributed by atoms with Gasteiger partial charge in [0, 0.05) is 37.5 Å². The molecule has 3 aliphatic carbocycles. The fourth-order valence-electron chi connectivity index (χ4n) is 4.99. The lowest BCUT2D eigenvalue weighted by Gasteiger charge is -2.32. The van der Waals surface area contributed by atoms with Crippen LogP contribution in [-0.4, -0.2) is 66.0 Å². The highest BCUT2D eigenvalue weighted by atomic mass is 28.4. The Labute approximate surface area is 192 Å². The maximum atomic E-state index is 12.9. The minimum atomic E-state index is -2.16. The average Bonchev–Trinajstić information content (AvgIpc) is 3.00. The minimum Gasteiger partial charge on any atom is -0.494 e. The van der Waals surface area contributed by atoms with Crippen LogP contribution in [0.2, 0.25) is 19.1 Å². The Bertz CT molecular complexity index is 851. The summed E-state index contributed by atoms with van der Waals surface area (Å²) in [5.74, 6) is 1.84. The van der Waals surface area contributed by atoms with Gasteiger partial charge in [-0.2, -0.15) is 0 Å². The van der Waals surface area contributed by atoms with Gasteiger partial charge in [-0.05, 0) is 55.7 Å². The van der Waals surface area contributed by atoms with Crippen LogP contribution in [0.5, 0.6) is 0 Å². The number of hydrogen-bond donors (Lipinski definition) is 2. The van der Waals surface area contributed by atoms with E-state index in [1.54, 1.807) is 27.4 Å². The summed E-state index contributed by atoms with van der Waals surface area (Å²) in [5.41, 5.74) is 3.42. The van der Waals surface area contributed by atoms with Gasteiger partial charge in [0.05, 0.1) is 21.3 Å². The number of carbonyl (C=O) groups excluding carboxylic acids is 1. The molecule has 3 atom stereocenters. The number of nitrogens with one attached hydrogen (secondary N) is 1. The SMILES string of the molecule is COC1=CC=C2C3=C(CC[C@H](NCC[Si](C)(C)O)C2CC1=O)C(OC)=C(OC)[C@H](OC)C3. The standard InChI is InChI=1S/C24H37NO6Si/c1-28-21-10-8-15-17-14-22(29-2)24(31-4)23(30-3)16(17)7-9-19(18(15)13-20(21)26)25-11-12-32(5,6)27/h8,10,18-19,22,25,27H,7,9,11-14H2,1-6H3/t18?,19-,22+/m0/s1. The number of rotatable bonds is 8. The molecular formula is C24H37NO6Si. The molecule has 0 aromatic carbocycles. The first kappa shape index (κ1) is 24.8. The number of methoxy groups -OCH3 is 4. The number of Topliss-reactive ketones (excluding diaryl/α,β-unsaturated/α-hetero) is 1. The van der Waals surface area contributed by atoms with Crippen molar-refractivity contribution in [3.63, 3.8) is 0 Å². The van der Waals surface area contributed by atoms with Crippen molar-refractivity contribution in [1.29, 1.82) is 0 Å². The summed E-state index contributed by atoms with van der Waals surface area (Å²) in [7, 11) is 4.36. The molecule has 0 bridgehead atoms. The topological polar surface area (TPSA) is 86.2 Å².